The van der Waals surface area contributed by atoms with E-state index in [1.165, 1.54) is 0 Å². The van der Waals surface area contributed by atoms with Crippen LogP contribution < -0.4 is 74.4 Å². The van der Waals surface area contributed by atoms with Gasteiger partial charge in [0.05, 0.1) is 24.7 Å². The minimum Gasteiger partial charge on any atom is -0.464 e. The molecule has 0 radical (unpaired) electrons. The van der Waals surface area contributed by atoms with Crippen LogP contribution in [-0.4, -0.2) is 252 Å². The number of hydrogen-bond acceptors (Lipinski definition) is 24. The third-order valence-electron chi connectivity index (χ3n) is 16.9. The third kappa shape index (κ3) is 42.2. The van der Waals surface area contributed by atoms with Crippen molar-refractivity contribution in [1.82, 2.24) is 79.3 Å². The summed E-state index contributed by atoms with van der Waals surface area (Å²) in [5.41, 5.74) is -2.94. The fourth-order valence-electron chi connectivity index (χ4n) is 11.1. The van der Waals surface area contributed by atoms with E-state index < -0.39 is 255 Å². The Morgan fingerprint density at radius 3 is 1.35 bits per heavy atom. The van der Waals surface area contributed by atoms with Crippen molar-refractivity contribution in [3.05, 3.63) is 71.8 Å². The summed E-state index contributed by atoms with van der Waals surface area (Å²) >= 11 is 0. The zero-order chi connectivity index (χ0) is 89.7. The number of alkyl carbamates (subject to hydrolysis) is 4. The van der Waals surface area contributed by atoms with Crippen molar-refractivity contribution in [2.24, 2.45) is 11.8 Å². The van der Waals surface area contributed by atoms with E-state index >= 15 is 19.2 Å². The summed E-state index contributed by atoms with van der Waals surface area (Å²) in [4.78, 5) is 227. The predicted octanol–water partition coefficient (Wildman–Crippen LogP) is 1.81. The zero-order valence-electron chi connectivity index (χ0n) is 71.6. The molecule has 39 heteroatoms. The number of aliphatic hydroxyl groups excluding tert-OH is 2. The van der Waals surface area contributed by atoms with E-state index in [1.54, 1.807) is 171 Å². The number of rotatable bonds is 32. The predicted molar refractivity (Wildman–Crippen MR) is 432 cm³/mol. The lowest BCUT2D eigenvalue weighted by Crippen LogP contribution is -2.61. The van der Waals surface area contributed by atoms with Gasteiger partial charge in [0, 0.05) is 52.1 Å². The van der Waals surface area contributed by atoms with Crippen LogP contribution in [0.1, 0.15) is 181 Å². The summed E-state index contributed by atoms with van der Waals surface area (Å²) in [7, 11) is 0. The highest BCUT2D eigenvalue weighted by molar-refractivity contribution is 5.99. The lowest BCUT2D eigenvalue weighted by molar-refractivity contribution is -0.147. The van der Waals surface area contributed by atoms with Gasteiger partial charge in [-0.3, -0.25) is 52.7 Å². The Bertz CT molecular complexity index is 3710. The Labute approximate surface area is 695 Å². The number of esters is 1. The van der Waals surface area contributed by atoms with E-state index in [0.29, 0.717) is 11.1 Å². The highest BCUT2D eigenvalue weighted by atomic mass is 16.6. The van der Waals surface area contributed by atoms with Gasteiger partial charge >= 0.3 is 36.4 Å². The maximum atomic E-state index is 15.4. The molecule has 0 aromatic heterocycles. The van der Waals surface area contributed by atoms with Crippen molar-refractivity contribution < 1.29 is 115 Å². The molecule has 0 saturated carbocycles. The van der Waals surface area contributed by atoms with Crippen LogP contribution in [0.3, 0.4) is 0 Å². The first-order valence-electron chi connectivity index (χ1n) is 39.8. The van der Waals surface area contributed by atoms with Crippen LogP contribution in [0.25, 0.3) is 0 Å². The first kappa shape index (κ1) is 102. The Balaban J connectivity index is 2.34. The molecule has 0 unspecified atom stereocenters. The normalized spacial score (nSPS) is 19.3. The Hall–Kier alpha value is -11.1. The van der Waals surface area contributed by atoms with E-state index in [4.69, 9.17) is 28.4 Å². The second-order valence-electron chi connectivity index (χ2n) is 33.3. The van der Waals surface area contributed by atoms with Crippen LogP contribution >= 0.6 is 0 Å². The molecular formula is C80H127N15O24. The van der Waals surface area contributed by atoms with E-state index in [0.717, 1.165) is 18.7 Å². The summed E-state index contributed by atoms with van der Waals surface area (Å²) in [6.45, 7) is 24.6. The van der Waals surface area contributed by atoms with Gasteiger partial charge in [-0.2, -0.15) is 0 Å². The summed E-state index contributed by atoms with van der Waals surface area (Å²) < 4.78 is 32.4. The van der Waals surface area contributed by atoms with E-state index in [-0.39, 0.29) is 51.6 Å². The molecule has 0 bridgehead atoms. The van der Waals surface area contributed by atoms with Gasteiger partial charge in [-0.25, -0.2) is 24.0 Å². The van der Waals surface area contributed by atoms with Gasteiger partial charge in [-0.05, 0) is 153 Å². The fourth-order valence-corrected chi connectivity index (χ4v) is 11.1. The summed E-state index contributed by atoms with van der Waals surface area (Å²) in [6, 6.07) is 0.884. The number of carbonyl (C=O) groups excluding carboxylic acids is 16. The van der Waals surface area contributed by atoms with Crippen LogP contribution in [0.15, 0.2) is 60.7 Å². The average Bonchev–Trinajstić information content (AvgIpc) is 1.47. The summed E-state index contributed by atoms with van der Waals surface area (Å²) in [5, 5.41) is 57.8. The largest absolute Gasteiger partial charge is 0.464 e. The van der Waals surface area contributed by atoms with Crippen molar-refractivity contribution in [3.8, 4) is 0 Å². The molecule has 11 atom stereocenters. The second kappa shape index (κ2) is 49.3. The molecule has 1 heterocycles. The maximum absolute atomic E-state index is 15.4. The molecule has 1 saturated heterocycles. The topological polar surface area (TPSA) is 541 Å². The van der Waals surface area contributed by atoms with E-state index in [1.807, 2.05) is 0 Å². The van der Waals surface area contributed by atoms with Crippen LogP contribution in [-0.2, 0) is 94.2 Å². The maximum Gasteiger partial charge on any atom is 0.410 e. The average molecular weight is 1680 g/mol. The fraction of sp³-hybridized carbons (Fsp3) is 0.650. The minimum atomic E-state index is -1.94. The number of nitrogens with zero attached hydrogens (tertiary/aromatic N) is 1. The van der Waals surface area contributed by atoms with Crippen molar-refractivity contribution in [3.63, 3.8) is 0 Å². The Morgan fingerprint density at radius 1 is 0.487 bits per heavy atom. The minimum absolute atomic E-state index is 0.124. The quantitative estimate of drug-likeness (QED) is 0.0367. The molecular weight excluding hydrogens is 1550 g/mol. The molecule has 119 heavy (non-hydrogen) atoms. The lowest BCUT2D eigenvalue weighted by atomic mass is 10.00. The Morgan fingerprint density at radius 2 is 0.908 bits per heavy atom. The van der Waals surface area contributed by atoms with Crippen molar-refractivity contribution in [2.45, 2.75) is 272 Å². The van der Waals surface area contributed by atoms with Crippen molar-refractivity contribution in [1.29, 1.82) is 0 Å². The Kier molecular flexibility index (Phi) is 42.3. The highest BCUT2D eigenvalue weighted by Crippen LogP contribution is 2.16. The van der Waals surface area contributed by atoms with Gasteiger partial charge in [0.25, 0.3) is 0 Å². The molecule has 3 rings (SSSR count). The monoisotopic (exact) mass is 1680 g/mol. The molecule has 2 aromatic carbocycles. The van der Waals surface area contributed by atoms with E-state index in [9.17, 15) is 67.7 Å². The SMILES string of the molecule is CC(C)C[C@@H]1NC(=O)[C@@H](Cc2ccccc2)NC(=O)[C@H](CCNC(=O)OC(C)(C)C)NC(=O)[C@@H](NC(=O)[C@H](CCNC(=O)OC(C)(C)C)NC(=O)[C@@H](NC(=O)CCN(CCOC(=O)C(C)C)C(=O)OCc2ccccc2)[C@@H](C)O)CCNC(=O)[C@H]([C@@H](C)O)NC(=O)[C@H](CCNC(=O)OC(C)(C)C)NC(=O)[C@H](CCNC(=O)OC(C)(C)C)NC1=O. The summed E-state index contributed by atoms with van der Waals surface area (Å²) in [6.07, 6.45) is -11.7. The standard InChI is InChI=1S/C80H127N15O24/c1-46(2)43-57-67(104)89-53(30-36-82-72(109)116-77(7,8)9)63(100)88-56(33-39-85-75(112)119-80(16,17)18)66(103)94-60(48(5)96)69(106)81-35-29-52(62(99)87-54(31-37-83-73(110)117-78(10,11)12)65(102)92-58(68(105)91-57)44-50-25-21-19-22-26-50)86-64(101)55(32-38-84-74(111)118-79(13,14)15)90-70(107)61(49(6)97)93-59(98)34-40-95(41-42-114-71(108)47(3)4)76(113)115-45-51-27-23-20-24-28-51/h19-28,46-49,52-58,60-61,96-97H,29-45H2,1-18H3,(H,81,106)(H,82,109)(H,83,110)(H,84,111)(H,85,112)(H,86,101)(H,87,99)(H,88,100)(H,89,104)(H,90,107)(H,91,105)(H,92,102)(H,93,98)(H,94,103)/t48-,49-,52+,53+,54+,55+,56+,57+,58-,60+,61+/m1/s1. The zero-order valence-corrected chi connectivity index (χ0v) is 71.6. The van der Waals surface area contributed by atoms with Gasteiger partial charge in [-0.1, -0.05) is 88.4 Å². The number of nitrogens with one attached hydrogen (secondary N) is 14. The first-order chi connectivity index (χ1) is 55.4. The number of hydrogen-bond donors (Lipinski definition) is 16. The molecule has 39 nitrogen and oxygen atoms in total. The van der Waals surface area contributed by atoms with Crippen molar-refractivity contribution >= 4 is 95.5 Å². The third-order valence-corrected chi connectivity index (χ3v) is 16.9. The summed E-state index contributed by atoms with van der Waals surface area (Å²) in [5.74, 6) is -12.5. The number of carbonyl (C=O) groups is 16. The number of aliphatic hydroxyl groups is 2. The number of benzene rings is 2. The lowest BCUT2D eigenvalue weighted by Gasteiger charge is -2.29. The van der Waals surface area contributed by atoms with Crippen LogP contribution in [0.2, 0.25) is 0 Å². The molecule has 2 aromatic rings. The van der Waals surface area contributed by atoms with Crippen molar-refractivity contribution in [2.75, 3.05) is 52.4 Å². The first-order valence-corrected chi connectivity index (χ1v) is 39.8. The molecule has 666 valence electrons. The van der Waals surface area contributed by atoms with Gasteiger partial charge < -0.3 is 118 Å². The van der Waals surface area contributed by atoms with Crippen LogP contribution in [0.4, 0.5) is 24.0 Å². The van der Waals surface area contributed by atoms with Gasteiger partial charge in [0.1, 0.15) is 90.0 Å². The molecule has 0 aliphatic carbocycles. The molecule has 16 N–H and O–H groups in total. The van der Waals surface area contributed by atoms with Crippen LogP contribution in [0.5, 0.6) is 0 Å². The smallest absolute Gasteiger partial charge is 0.410 e. The molecule has 1 aliphatic heterocycles. The second-order valence-corrected chi connectivity index (χ2v) is 33.3. The van der Waals surface area contributed by atoms with Crippen LogP contribution in [0, 0.1) is 11.8 Å². The van der Waals surface area contributed by atoms with Gasteiger partial charge in [0.15, 0.2) is 0 Å². The van der Waals surface area contributed by atoms with Gasteiger partial charge in [0.2, 0.25) is 59.1 Å². The number of amides is 15. The van der Waals surface area contributed by atoms with Gasteiger partial charge in [-0.15, -0.1) is 0 Å². The molecule has 1 fully saturated rings. The van der Waals surface area contributed by atoms with E-state index in [2.05, 4.69) is 74.4 Å². The highest BCUT2D eigenvalue weighted by Gasteiger charge is 2.39. The molecule has 0 spiro atoms. The molecule has 1 aliphatic rings. The molecule has 15 amide bonds. The number of ether oxygens (including phenoxy) is 6.